The third kappa shape index (κ3) is 3.38. The smallest absolute Gasteiger partial charge is 0.243 e. The van der Waals surface area contributed by atoms with Crippen LogP contribution in [-0.2, 0) is 21.3 Å². The van der Waals surface area contributed by atoms with E-state index in [9.17, 15) is 8.42 Å². The molecule has 0 atom stereocenters. The van der Waals surface area contributed by atoms with Crippen LogP contribution >= 0.6 is 0 Å². The minimum atomic E-state index is -3.41. The zero-order chi connectivity index (χ0) is 14.6. The summed E-state index contributed by atoms with van der Waals surface area (Å²) in [4.78, 5) is 0.353. The Morgan fingerprint density at radius 1 is 1.25 bits per heavy atom. The molecular weight excluding hydrogens is 276 g/mol. The highest BCUT2D eigenvalue weighted by molar-refractivity contribution is 7.89. The van der Waals surface area contributed by atoms with Gasteiger partial charge in [0.15, 0.2) is 0 Å². The fourth-order valence-electron chi connectivity index (χ4n) is 2.39. The molecule has 0 bridgehead atoms. The maximum Gasteiger partial charge on any atom is 0.243 e. The molecule has 1 N–H and O–H groups in total. The molecule has 1 heterocycles. The monoisotopic (exact) mass is 298 g/mol. The molecule has 1 aliphatic rings. The van der Waals surface area contributed by atoms with Crippen LogP contribution in [0.25, 0.3) is 0 Å². The predicted molar refractivity (Wildman–Crippen MR) is 78.0 cm³/mol. The lowest BCUT2D eigenvalue weighted by atomic mass is 10.1. The van der Waals surface area contributed by atoms with Crippen LogP contribution in [0.4, 0.5) is 0 Å². The highest BCUT2D eigenvalue weighted by Crippen LogP contribution is 2.22. The fourth-order valence-corrected chi connectivity index (χ4v) is 3.81. The Balaban J connectivity index is 2.15. The molecule has 0 aliphatic carbocycles. The minimum Gasteiger partial charge on any atom is -0.381 e. The molecular formula is C14H22N2O3S. The SMILES string of the molecule is CNCc1ccc(S(=O)(=O)N(C)C2CCOCC2)cc1. The van der Waals surface area contributed by atoms with Gasteiger partial charge in [-0.05, 0) is 37.6 Å². The molecule has 2 rings (SSSR count). The largest absolute Gasteiger partial charge is 0.381 e. The first-order chi connectivity index (χ1) is 9.55. The topological polar surface area (TPSA) is 58.6 Å². The number of benzene rings is 1. The standard InChI is InChI=1S/C14H22N2O3S/c1-15-11-12-3-5-14(6-4-12)20(17,18)16(2)13-7-9-19-10-8-13/h3-6,13,15H,7-11H2,1-2H3. The van der Waals surface area contributed by atoms with Gasteiger partial charge in [0.1, 0.15) is 0 Å². The Morgan fingerprint density at radius 2 is 1.85 bits per heavy atom. The molecule has 5 nitrogen and oxygen atoms in total. The van der Waals surface area contributed by atoms with Crippen molar-refractivity contribution >= 4 is 10.0 Å². The Bertz CT molecular complexity index is 522. The Kier molecular flexibility index (Phi) is 5.15. The van der Waals surface area contributed by atoms with Crippen LogP contribution < -0.4 is 5.32 Å². The molecule has 1 aromatic carbocycles. The predicted octanol–water partition coefficient (Wildman–Crippen LogP) is 1.21. The van der Waals surface area contributed by atoms with Crippen molar-refractivity contribution in [3.8, 4) is 0 Å². The minimum absolute atomic E-state index is 0.0331. The number of nitrogens with one attached hydrogen (secondary N) is 1. The van der Waals surface area contributed by atoms with E-state index >= 15 is 0 Å². The van der Waals surface area contributed by atoms with Gasteiger partial charge in [0, 0.05) is 32.8 Å². The molecule has 0 radical (unpaired) electrons. The number of sulfonamides is 1. The molecule has 0 amide bonds. The summed E-state index contributed by atoms with van der Waals surface area (Å²) in [7, 11) is 0.111. The van der Waals surface area contributed by atoms with Crippen LogP contribution in [0.1, 0.15) is 18.4 Å². The lowest BCUT2D eigenvalue weighted by Crippen LogP contribution is -2.40. The van der Waals surface area contributed by atoms with Crippen molar-refractivity contribution in [1.29, 1.82) is 0 Å². The third-order valence-corrected chi connectivity index (χ3v) is 5.61. The summed E-state index contributed by atoms with van der Waals surface area (Å²) in [5.41, 5.74) is 1.07. The van der Waals surface area contributed by atoms with E-state index in [4.69, 9.17) is 4.74 Å². The highest BCUT2D eigenvalue weighted by atomic mass is 32.2. The quantitative estimate of drug-likeness (QED) is 0.887. The van der Waals surface area contributed by atoms with E-state index in [1.165, 1.54) is 4.31 Å². The molecule has 0 unspecified atom stereocenters. The lowest BCUT2D eigenvalue weighted by molar-refractivity contribution is 0.0632. The second-order valence-electron chi connectivity index (χ2n) is 5.04. The molecule has 1 saturated heterocycles. The van der Waals surface area contributed by atoms with Gasteiger partial charge in [-0.1, -0.05) is 12.1 Å². The number of ether oxygens (including phenoxy) is 1. The number of nitrogens with zero attached hydrogens (tertiary/aromatic N) is 1. The summed E-state index contributed by atoms with van der Waals surface area (Å²) in [6, 6.07) is 7.09. The van der Waals surface area contributed by atoms with E-state index in [0.717, 1.165) is 24.9 Å². The molecule has 1 aromatic rings. The average molecular weight is 298 g/mol. The van der Waals surface area contributed by atoms with Crippen LogP contribution in [-0.4, -0.2) is 46.1 Å². The van der Waals surface area contributed by atoms with Crippen LogP contribution in [0.5, 0.6) is 0 Å². The zero-order valence-corrected chi connectivity index (χ0v) is 12.8. The van der Waals surface area contributed by atoms with Gasteiger partial charge >= 0.3 is 0 Å². The van der Waals surface area contributed by atoms with E-state index in [1.54, 1.807) is 19.2 Å². The second kappa shape index (κ2) is 6.67. The van der Waals surface area contributed by atoms with Crippen LogP contribution in [0.3, 0.4) is 0 Å². The van der Waals surface area contributed by atoms with E-state index in [2.05, 4.69) is 5.32 Å². The van der Waals surface area contributed by atoms with E-state index < -0.39 is 10.0 Å². The van der Waals surface area contributed by atoms with Crippen molar-refractivity contribution in [3.63, 3.8) is 0 Å². The molecule has 6 heteroatoms. The second-order valence-corrected chi connectivity index (χ2v) is 7.04. The summed E-state index contributed by atoms with van der Waals surface area (Å²) in [5.74, 6) is 0. The maximum atomic E-state index is 12.6. The maximum absolute atomic E-state index is 12.6. The highest BCUT2D eigenvalue weighted by Gasteiger charge is 2.29. The van der Waals surface area contributed by atoms with Crippen molar-refractivity contribution in [2.75, 3.05) is 27.3 Å². The molecule has 112 valence electrons. The first kappa shape index (κ1) is 15.4. The first-order valence-corrected chi connectivity index (χ1v) is 8.29. The average Bonchev–Trinajstić information content (AvgIpc) is 2.48. The summed E-state index contributed by atoms with van der Waals surface area (Å²) < 4.78 is 31.9. The number of rotatable bonds is 5. The van der Waals surface area contributed by atoms with Gasteiger partial charge < -0.3 is 10.1 Å². The summed E-state index contributed by atoms with van der Waals surface area (Å²) in [5, 5.41) is 3.04. The Morgan fingerprint density at radius 3 is 2.40 bits per heavy atom. The molecule has 0 aromatic heterocycles. The molecule has 0 spiro atoms. The summed E-state index contributed by atoms with van der Waals surface area (Å²) in [6.07, 6.45) is 1.52. The first-order valence-electron chi connectivity index (χ1n) is 6.85. The summed E-state index contributed by atoms with van der Waals surface area (Å²) in [6.45, 7) is 1.99. The van der Waals surface area contributed by atoms with Crippen molar-refractivity contribution < 1.29 is 13.2 Å². The third-order valence-electron chi connectivity index (χ3n) is 3.69. The van der Waals surface area contributed by atoms with Gasteiger partial charge in [0.05, 0.1) is 4.90 Å². The van der Waals surface area contributed by atoms with Crippen molar-refractivity contribution in [2.24, 2.45) is 0 Å². The van der Waals surface area contributed by atoms with Gasteiger partial charge in [0.2, 0.25) is 10.0 Å². The van der Waals surface area contributed by atoms with Gasteiger partial charge in [0.25, 0.3) is 0 Å². The van der Waals surface area contributed by atoms with E-state index in [1.807, 2.05) is 19.2 Å². The Labute approximate surface area is 121 Å². The molecule has 20 heavy (non-hydrogen) atoms. The number of hydrogen-bond acceptors (Lipinski definition) is 4. The van der Waals surface area contributed by atoms with Gasteiger partial charge in [-0.3, -0.25) is 0 Å². The summed E-state index contributed by atoms with van der Waals surface area (Å²) >= 11 is 0. The van der Waals surface area contributed by atoms with Crippen LogP contribution in [0.2, 0.25) is 0 Å². The van der Waals surface area contributed by atoms with Gasteiger partial charge in [-0.25, -0.2) is 8.42 Å². The zero-order valence-electron chi connectivity index (χ0n) is 12.0. The number of hydrogen-bond donors (Lipinski definition) is 1. The van der Waals surface area contributed by atoms with Crippen molar-refractivity contribution in [2.45, 2.75) is 30.3 Å². The van der Waals surface area contributed by atoms with Crippen LogP contribution in [0.15, 0.2) is 29.2 Å². The normalized spacial score (nSPS) is 17.6. The van der Waals surface area contributed by atoms with Gasteiger partial charge in [-0.2, -0.15) is 4.31 Å². The molecule has 1 aliphatic heterocycles. The molecule has 1 fully saturated rings. The Hall–Kier alpha value is -0.950. The van der Waals surface area contributed by atoms with Gasteiger partial charge in [-0.15, -0.1) is 0 Å². The van der Waals surface area contributed by atoms with Crippen LogP contribution in [0, 0.1) is 0 Å². The van der Waals surface area contributed by atoms with E-state index in [0.29, 0.717) is 18.1 Å². The fraction of sp³-hybridized carbons (Fsp3) is 0.571. The lowest BCUT2D eigenvalue weighted by Gasteiger charge is -2.30. The van der Waals surface area contributed by atoms with E-state index in [-0.39, 0.29) is 6.04 Å². The molecule has 0 saturated carbocycles. The van der Waals surface area contributed by atoms with Crippen molar-refractivity contribution in [1.82, 2.24) is 9.62 Å². The van der Waals surface area contributed by atoms with Crippen molar-refractivity contribution in [3.05, 3.63) is 29.8 Å².